The third-order valence-corrected chi connectivity index (χ3v) is 6.11. The molecule has 0 saturated carbocycles. The van der Waals surface area contributed by atoms with E-state index in [4.69, 9.17) is 23.7 Å². The van der Waals surface area contributed by atoms with Crippen LogP contribution in [0.5, 0.6) is 28.7 Å². The Hall–Kier alpha value is -3.71. The van der Waals surface area contributed by atoms with Crippen LogP contribution in [0.25, 0.3) is 0 Å². The number of methoxy groups -OCH3 is 5. The summed E-state index contributed by atoms with van der Waals surface area (Å²) in [5, 5.41) is 12.2. The molecule has 0 heterocycles. The first-order chi connectivity index (χ1) is 15.9. The molecule has 7 nitrogen and oxygen atoms in total. The van der Waals surface area contributed by atoms with Gasteiger partial charge in [0.1, 0.15) is 28.7 Å². The van der Waals surface area contributed by atoms with Crippen molar-refractivity contribution in [1.29, 1.82) is 0 Å². The molecule has 1 N–H and O–H groups in total. The van der Waals surface area contributed by atoms with Gasteiger partial charge in [-0.15, -0.1) is 0 Å². The molecule has 3 aromatic carbocycles. The van der Waals surface area contributed by atoms with Crippen LogP contribution in [-0.2, 0) is 5.60 Å². The standard InChI is InChI=1S/C26H26O7/c1-29-17-8-6-16(7-9-17)26(28)24(15-10-18(30-2)12-19(11-15)31-3)23-21(25(26)27)13-20(32-4)14-22(23)33-5/h6-14,24,28H,1-5H3/t24-,26-/m1/s1. The van der Waals surface area contributed by atoms with Crippen molar-refractivity contribution in [2.24, 2.45) is 0 Å². The van der Waals surface area contributed by atoms with Crippen molar-refractivity contribution in [3.05, 3.63) is 76.9 Å². The van der Waals surface area contributed by atoms with E-state index in [0.29, 0.717) is 51.0 Å². The van der Waals surface area contributed by atoms with Gasteiger partial charge in [-0.1, -0.05) is 12.1 Å². The first kappa shape index (κ1) is 22.5. The molecular formula is C26H26O7. The molecule has 0 bridgehead atoms. The van der Waals surface area contributed by atoms with E-state index in [1.807, 2.05) is 0 Å². The Kier molecular flexibility index (Phi) is 5.91. The Morgan fingerprint density at radius 3 is 1.76 bits per heavy atom. The van der Waals surface area contributed by atoms with Crippen molar-refractivity contribution in [3.63, 3.8) is 0 Å². The lowest BCUT2D eigenvalue weighted by molar-refractivity contribution is 0.0269. The zero-order valence-electron chi connectivity index (χ0n) is 19.2. The summed E-state index contributed by atoms with van der Waals surface area (Å²) >= 11 is 0. The largest absolute Gasteiger partial charge is 0.497 e. The van der Waals surface area contributed by atoms with E-state index in [1.54, 1.807) is 75.9 Å². The quantitative estimate of drug-likeness (QED) is 0.584. The molecule has 0 fully saturated rings. The molecule has 0 unspecified atom stereocenters. The highest BCUT2D eigenvalue weighted by atomic mass is 16.5. The third kappa shape index (κ3) is 3.54. The molecule has 172 valence electrons. The lowest BCUT2D eigenvalue weighted by Crippen LogP contribution is -2.37. The van der Waals surface area contributed by atoms with Crippen molar-refractivity contribution in [1.82, 2.24) is 0 Å². The molecule has 1 aliphatic carbocycles. The summed E-state index contributed by atoms with van der Waals surface area (Å²) < 4.78 is 27.2. The molecule has 0 aliphatic heterocycles. The summed E-state index contributed by atoms with van der Waals surface area (Å²) in [6, 6.07) is 15.4. The summed E-state index contributed by atoms with van der Waals surface area (Å²) in [6.45, 7) is 0. The molecule has 33 heavy (non-hydrogen) atoms. The van der Waals surface area contributed by atoms with Crippen LogP contribution in [0.4, 0.5) is 0 Å². The second-order valence-corrected chi connectivity index (χ2v) is 7.69. The SMILES string of the molecule is COc1ccc([C@]2(O)C(=O)c3cc(OC)cc(OC)c3[C@H]2c2cc(OC)cc(OC)c2)cc1. The average molecular weight is 450 g/mol. The molecule has 3 aromatic rings. The maximum absolute atomic E-state index is 13.8. The first-order valence-electron chi connectivity index (χ1n) is 10.3. The van der Waals surface area contributed by atoms with Crippen LogP contribution >= 0.6 is 0 Å². The highest BCUT2D eigenvalue weighted by Gasteiger charge is 2.55. The summed E-state index contributed by atoms with van der Waals surface area (Å²) in [5.41, 5.74) is 0.0525. The number of Topliss-reactive ketones (excluding diaryl/α,β-unsaturated/α-hetero) is 1. The monoisotopic (exact) mass is 450 g/mol. The van der Waals surface area contributed by atoms with Crippen LogP contribution in [0.2, 0.25) is 0 Å². The Labute approximate surface area is 192 Å². The highest BCUT2D eigenvalue weighted by molar-refractivity contribution is 6.10. The number of ether oxygens (including phenoxy) is 5. The van der Waals surface area contributed by atoms with Gasteiger partial charge in [0.25, 0.3) is 0 Å². The number of aliphatic hydroxyl groups is 1. The minimum Gasteiger partial charge on any atom is -0.497 e. The molecular weight excluding hydrogens is 424 g/mol. The van der Waals surface area contributed by atoms with Crippen LogP contribution in [0, 0.1) is 0 Å². The molecule has 0 saturated heterocycles. The third-order valence-electron chi connectivity index (χ3n) is 6.11. The molecule has 0 amide bonds. The van der Waals surface area contributed by atoms with E-state index in [0.717, 1.165) is 0 Å². The van der Waals surface area contributed by atoms with Crippen LogP contribution in [0.3, 0.4) is 0 Å². The van der Waals surface area contributed by atoms with E-state index >= 15 is 0 Å². The normalized spacial score (nSPS) is 19.1. The van der Waals surface area contributed by atoms with Crippen LogP contribution in [0.1, 0.15) is 33.0 Å². The van der Waals surface area contributed by atoms with Gasteiger partial charge in [0.15, 0.2) is 11.4 Å². The Bertz CT molecular complexity index is 1160. The van der Waals surface area contributed by atoms with Gasteiger partial charge >= 0.3 is 0 Å². The number of rotatable bonds is 7. The predicted molar refractivity (Wildman–Crippen MR) is 122 cm³/mol. The summed E-state index contributed by atoms with van der Waals surface area (Å²) in [7, 11) is 7.69. The smallest absolute Gasteiger partial charge is 0.200 e. The minimum absolute atomic E-state index is 0.330. The summed E-state index contributed by atoms with van der Waals surface area (Å²) in [5.74, 6) is 1.34. The van der Waals surface area contributed by atoms with E-state index in [9.17, 15) is 9.90 Å². The molecule has 0 radical (unpaired) electrons. The number of benzene rings is 3. The molecule has 0 aromatic heterocycles. The Morgan fingerprint density at radius 2 is 1.24 bits per heavy atom. The van der Waals surface area contributed by atoms with Crippen molar-refractivity contribution in [2.45, 2.75) is 11.5 Å². The topological polar surface area (TPSA) is 83.5 Å². The van der Waals surface area contributed by atoms with Crippen molar-refractivity contribution < 1.29 is 33.6 Å². The Morgan fingerprint density at radius 1 is 0.697 bits per heavy atom. The summed E-state index contributed by atoms with van der Waals surface area (Å²) in [4.78, 5) is 13.8. The van der Waals surface area contributed by atoms with Crippen molar-refractivity contribution >= 4 is 5.78 Å². The second-order valence-electron chi connectivity index (χ2n) is 7.69. The van der Waals surface area contributed by atoms with Gasteiger partial charge < -0.3 is 28.8 Å². The molecule has 0 spiro atoms. The second kappa shape index (κ2) is 8.67. The predicted octanol–water partition coefficient (Wildman–Crippen LogP) is 3.95. The van der Waals surface area contributed by atoms with Gasteiger partial charge in [-0.25, -0.2) is 0 Å². The lowest BCUT2D eigenvalue weighted by Gasteiger charge is -2.31. The van der Waals surface area contributed by atoms with E-state index in [1.165, 1.54) is 14.2 Å². The van der Waals surface area contributed by atoms with Gasteiger partial charge in [-0.05, 0) is 41.5 Å². The fraction of sp³-hybridized carbons (Fsp3) is 0.269. The van der Waals surface area contributed by atoms with E-state index in [2.05, 4.69) is 0 Å². The lowest BCUT2D eigenvalue weighted by atomic mass is 9.77. The van der Waals surface area contributed by atoms with Gasteiger partial charge in [-0.2, -0.15) is 0 Å². The van der Waals surface area contributed by atoms with E-state index < -0.39 is 17.3 Å². The number of carbonyl (C=O) groups excluding carboxylic acids is 1. The van der Waals surface area contributed by atoms with Crippen molar-refractivity contribution in [2.75, 3.05) is 35.5 Å². The first-order valence-corrected chi connectivity index (χ1v) is 10.3. The maximum Gasteiger partial charge on any atom is 0.200 e. The summed E-state index contributed by atoms with van der Waals surface area (Å²) in [6.07, 6.45) is 0. The fourth-order valence-corrected chi connectivity index (χ4v) is 4.47. The number of hydrogen-bond donors (Lipinski definition) is 1. The zero-order valence-corrected chi connectivity index (χ0v) is 19.2. The maximum atomic E-state index is 13.8. The Balaban J connectivity index is 2.04. The molecule has 7 heteroatoms. The van der Waals surface area contributed by atoms with Gasteiger partial charge in [0, 0.05) is 23.3 Å². The number of carbonyl (C=O) groups is 1. The molecule has 2 atom stereocenters. The number of ketones is 1. The highest BCUT2D eigenvalue weighted by Crippen LogP contribution is 2.55. The minimum atomic E-state index is -1.91. The van der Waals surface area contributed by atoms with Crippen LogP contribution in [-0.4, -0.2) is 46.4 Å². The average Bonchev–Trinajstić information content (AvgIpc) is 3.10. The fourth-order valence-electron chi connectivity index (χ4n) is 4.47. The van der Waals surface area contributed by atoms with Crippen LogP contribution in [0.15, 0.2) is 54.6 Å². The zero-order chi connectivity index (χ0) is 23.8. The molecule has 1 aliphatic rings. The molecule has 4 rings (SSSR count). The van der Waals surface area contributed by atoms with E-state index in [-0.39, 0.29) is 0 Å². The number of fused-ring (bicyclic) bond motifs is 1. The number of hydrogen-bond acceptors (Lipinski definition) is 7. The van der Waals surface area contributed by atoms with Gasteiger partial charge in [0.05, 0.1) is 41.5 Å². The van der Waals surface area contributed by atoms with Gasteiger partial charge in [-0.3, -0.25) is 4.79 Å². The van der Waals surface area contributed by atoms with Gasteiger partial charge in [0.2, 0.25) is 0 Å². The van der Waals surface area contributed by atoms with Crippen LogP contribution < -0.4 is 23.7 Å². The van der Waals surface area contributed by atoms with Crippen molar-refractivity contribution in [3.8, 4) is 28.7 Å².